The van der Waals surface area contributed by atoms with Crippen molar-refractivity contribution in [2.24, 2.45) is 4.99 Å². The first-order valence-electron chi connectivity index (χ1n) is 7.44. The molecule has 2 atom stereocenters. The lowest BCUT2D eigenvalue weighted by atomic mass is 10.0. The first kappa shape index (κ1) is 21.8. The first-order valence-corrected chi connectivity index (χ1v) is 10.0. The summed E-state index contributed by atoms with van der Waals surface area (Å²) in [5.74, 6) is 1.05. The van der Waals surface area contributed by atoms with Gasteiger partial charge in [0.05, 0.1) is 11.5 Å². The van der Waals surface area contributed by atoms with Gasteiger partial charge < -0.3 is 10.6 Å². The van der Waals surface area contributed by atoms with E-state index in [0.29, 0.717) is 29.0 Å². The molecule has 1 aliphatic heterocycles. The van der Waals surface area contributed by atoms with Crippen molar-refractivity contribution in [3.05, 3.63) is 33.8 Å². The van der Waals surface area contributed by atoms with Crippen LogP contribution in [0.1, 0.15) is 24.8 Å². The number of nitrogens with one attached hydrogen (secondary N) is 2. The highest BCUT2D eigenvalue weighted by molar-refractivity contribution is 14.0. The molecular weight excluding hydrogens is 484 g/mol. The van der Waals surface area contributed by atoms with Gasteiger partial charge in [0, 0.05) is 35.6 Å². The molecular formula is C15H22Cl2IN3O2S. The molecule has 1 aromatic carbocycles. The van der Waals surface area contributed by atoms with Crippen LogP contribution in [0.2, 0.25) is 10.0 Å². The molecule has 2 N–H and O–H groups in total. The average molecular weight is 506 g/mol. The van der Waals surface area contributed by atoms with E-state index < -0.39 is 9.84 Å². The van der Waals surface area contributed by atoms with Gasteiger partial charge in [-0.1, -0.05) is 36.2 Å². The molecule has 1 saturated heterocycles. The highest BCUT2D eigenvalue weighted by Crippen LogP contribution is 2.30. The number of nitrogens with zero attached hydrogens (tertiary/aromatic N) is 1. The summed E-state index contributed by atoms with van der Waals surface area (Å²) in [5, 5.41) is 7.63. The van der Waals surface area contributed by atoms with Gasteiger partial charge in [-0.3, -0.25) is 4.99 Å². The number of sulfone groups is 1. The van der Waals surface area contributed by atoms with Crippen LogP contribution in [0.3, 0.4) is 0 Å². The summed E-state index contributed by atoms with van der Waals surface area (Å²) in [7, 11) is -1.26. The summed E-state index contributed by atoms with van der Waals surface area (Å²) in [6, 6.07) is 5.35. The van der Waals surface area contributed by atoms with E-state index in [9.17, 15) is 8.42 Å². The average Bonchev–Trinajstić information content (AvgIpc) is 2.82. The van der Waals surface area contributed by atoms with Gasteiger partial charge >= 0.3 is 0 Å². The van der Waals surface area contributed by atoms with Crippen LogP contribution in [0.25, 0.3) is 0 Å². The number of hydrogen-bond donors (Lipinski definition) is 2. The molecule has 0 aliphatic carbocycles. The molecule has 9 heteroatoms. The molecule has 0 spiro atoms. The van der Waals surface area contributed by atoms with Crippen LogP contribution in [-0.4, -0.2) is 45.5 Å². The molecule has 0 radical (unpaired) electrons. The Balaban J connectivity index is 0.00000288. The third kappa shape index (κ3) is 5.93. The Morgan fingerprint density at radius 1 is 1.38 bits per heavy atom. The summed E-state index contributed by atoms with van der Waals surface area (Å²) < 4.78 is 23.0. The lowest BCUT2D eigenvalue weighted by Crippen LogP contribution is -2.45. The minimum absolute atomic E-state index is 0. The van der Waals surface area contributed by atoms with Crippen molar-refractivity contribution < 1.29 is 8.42 Å². The molecule has 2 unspecified atom stereocenters. The van der Waals surface area contributed by atoms with Gasteiger partial charge in [0.1, 0.15) is 0 Å². The summed E-state index contributed by atoms with van der Waals surface area (Å²) in [6.07, 6.45) is 0.606. The summed E-state index contributed by atoms with van der Waals surface area (Å²) in [5.41, 5.74) is 0.891. The second-order valence-electron chi connectivity index (χ2n) is 5.73. The van der Waals surface area contributed by atoms with Crippen LogP contribution in [0.4, 0.5) is 0 Å². The van der Waals surface area contributed by atoms with Gasteiger partial charge in [-0.25, -0.2) is 8.42 Å². The highest BCUT2D eigenvalue weighted by atomic mass is 127. The number of aliphatic imine (C=N–C) groups is 1. The summed E-state index contributed by atoms with van der Waals surface area (Å²) in [6.45, 7) is 2.61. The molecule has 0 bridgehead atoms. The molecule has 136 valence electrons. The van der Waals surface area contributed by atoms with Crippen LogP contribution < -0.4 is 10.6 Å². The van der Waals surface area contributed by atoms with Crippen LogP contribution >= 0.6 is 47.2 Å². The smallest absolute Gasteiger partial charge is 0.191 e. The first-order chi connectivity index (χ1) is 10.8. The Kier molecular flexibility index (Phi) is 8.58. The molecule has 2 rings (SSSR count). The third-order valence-electron chi connectivity index (χ3n) is 3.87. The van der Waals surface area contributed by atoms with Gasteiger partial charge in [-0.05, 0) is 24.1 Å². The molecule has 24 heavy (non-hydrogen) atoms. The van der Waals surface area contributed by atoms with E-state index in [0.717, 1.165) is 5.56 Å². The Morgan fingerprint density at radius 2 is 2.00 bits per heavy atom. The number of hydrogen-bond acceptors (Lipinski definition) is 3. The van der Waals surface area contributed by atoms with E-state index in [2.05, 4.69) is 15.6 Å². The second kappa shape index (κ2) is 9.45. The van der Waals surface area contributed by atoms with Crippen molar-refractivity contribution in [1.82, 2.24) is 10.6 Å². The zero-order valence-electron chi connectivity index (χ0n) is 13.6. The van der Waals surface area contributed by atoms with Crippen molar-refractivity contribution in [2.45, 2.75) is 25.3 Å². The van der Waals surface area contributed by atoms with Crippen molar-refractivity contribution in [2.75, 3.05) is 25.1 Å². The molecule has 5 nitrogen and oxygen atoms in total. The predicted octanol–water partition coefficient (Wildman–Crippen LogP) is 3.07. The van der Waals surface area contributed by atoms with Crippen LogP contribution in [0.5, 0.6) is 0 Å². The second-order valence-corrected chi connectivity index (χ2v) is 8.78. The highest BCUT2D eigenvalue weighted by Gasteiger charge is 2.28. The largest absolute Gasteiger partial charge is 0.356 e. The topological polar surface area (TPSA) is 70.6 Å². The minimum Gasteiger partial charge on any atom is -0.356 e. The minimum atomic E-state index is -2.91. The Labute approximate surface area is 170 Å². The Morgan fingerprint density at radius 3 is 2.50 bits per heavy atom. The monoisotopic (exact) mass is 505 g/mol. The summed E-state index contributed by atoms with van der Waals surface area (Å²) in [4.78, 5) is 4.14. The van der Waals surface area contributed by atoms with E-state index in [-0.39, 0.29) is 47.4 Å². The zero-order chi connectivity index (χ0) is 17.0. The maximum atomic E-state index is 11.5. The number of guanidine groups is 1. The number of halogens is 3. The Bertz CT molecular complexity index is 678. The molecule has 1 heterocycles. The van der Waals surface area contributed by atoms with Crippen LogP contribution in [0.15, 0.2) is 23.2 Å². The van der Waals surface area contributed by atoms with Gasteiger partial charge in [0.2, 0.25) is 0 Å². The molecule has 1 aliphatic rings. The molecule has 0 saturated carbocycles. The van der Waals surface area contributed by atoms with Crippen molar-refractivity contribution in [3.63, 3.8) is 0 Å². The van der Waals surface area contributed by atoms with Crippen molar-refractivity contribution in [3.8, 4) is 0 Å². The zero-order valence-corrected chi connectivity index (χ0v) is 18.2. The van der Waals surface area contributed by atoms with Crippen molar-refractivity contribution >= 4 is 63.0 Å². The van der Waals surface area contributed by atoms with E-state index in [1.54, 1.807) is 7.05 Å². The maximum Gasteiger partial charge on any atom is 0.191 e. The molecule has 0 amide bonds. The maximum absolute atomic E-state index is 11.5. The van der Waals surface area contributed by atoms with Gasteiger partial charge in [-0.15, -0.1) is 24.0 Å². The predicted molar refractivity (Wildman–Crippen MR) is 112 cm³/mol. The van der Waals surface area contributed by atoms with E-state index in [4.69, 9.17) is 23.2 Å². The molecule has 1 fully saturated rings. The van der Waals surface area contributed by atoms with E-state index in [1.807, 2.05) is 25.1 Å². The standard InChI is InChI=1S/C15H21Cl2N3O2S.HI/c1-10(14-12(16)4-3-5-13(14)17)8-19-15(18-2)20-11-6-7-23(21,22)9-11;/h3-5,10-11H,6-9H2,1-2H3,(H2,18,19,20);1H. The molecule has 1 aromatic rings. The number of benzene rings is 1. The van der Waals surface area contributed by atoms with Crippen LogP contribution in [0, 0.1) is 0 Å². The fraction of sp³-hybridized carbons (Fsp3) is 0.533. The van der Waals surface area contributed by atoms with E-state index >= 15 is 0 Å². The van der Waals surface area contributed by atoms with Crippen molar-refractivity contribution in [1.29, 1.82) is 0 Å². The van der Waals surface area contributed by atoms with Gasteiger partial charge in [0.15, 0.2) is 15.8 Å². The SMILES string of the molecule is CN=C(NCC(C)c1c(Cl)cccc1Cl)NC1CCS(=O)(=O)C1.I. The Hall–Kier alpha value is -0.250. The fourth-order valence-corrected chi connectivity index (χ4v) is 5.07. The normalized spacial score (nSPS) is 21.0. The van der Waals surface area contributed by atoms with Gasteiger partial charge in [-0.2, -0.15) is 0 Å². The lowest BCUT2D eigenvalue weighted by Gasteiger charge is -2.20. The lowest BCUT2D eigenvalue weighted by molar-refractivity contribution is 0.599. The van der Waals surface area contributed by atoms with Gasteiger partial charge in [0.25, 0.3) is 0 Å². The third-order valence-corrected chi connectivity index (χ3v) is 6.29. The van der Waals surface area contributed by atoms with E-state index in [1.165, 1.54) is 0 Å². The number of rotatable bonds is 4. The quantitative estimate of drug-likeness (QED) is 0.375. The van der Waals surface area contributed by atoms with Crippen LogP contribution in [-0.2, 0) is 9.84 Å². The summed E-state index contributed by atoms with van der Waals surface area (Å²) >= 11 is 12.4. The fourth-order valence-electron chi connectivity index (χ4n) is 2.63. The molecule has 0 aromatic heterocycles.